The van der Waals surface area contributed by atoms with Crippen molar-refractivity contribution in [3.8, 4) is 0 Å². The minimum atomic E-state index is -0.853. The molecule has 120 valence electrons. The number of rotatable bonds is 4. The molecule has 2 N–H and O–H groups in total. The van der Waals surface area contributed by atoms with Crippen LogP contribution in [0.2, 0.25) is 0 Å². The molecule has 1 saturated carbocycles. The predicted octanol–water partition coefficient (Wildman–Crippen LogP) is 2.08. The lowest BCUT2D eigenvalue weighted by atomic mass is 9.82. The average molecular weight is 295 g/mol. The van der Waals surface area contributed by atoms with E-state index in [1.165, 1.54) is 0 Å². The van der Waals surface area contributed by atoms with Gasteiger partial charge in [-0.1, -0.05) is 20.8 Å². The number of hydrogen-bond donors (Lipinski definition) is 2. The second-order valence-electron chi connectivity index (χ2n) is 7.91. The van der Waals surface area contributed by atoms with Crippen LogP contribution in [-0.4, -0.2) is 44.8 Å². The molecule has 3 unspecified atom stereocenters. The van der Waals surface area contributed by atoms with Crippen LogP contribution in [0.4, 0.5) is 0 Å². The molecular formula is C17H29NO3. The molecule has 4 heteroatoms. The summed E-state index contributed by atoms with van der Waals surface area (Å²) in [4.78, 5) is 14.8. The van der Waals surface area contributed by atoms with Crippen molar-refractivity contribution in [1.29, 1.82) is 0 Å². The van der Waals surface area contributed by atoms with Gasteiger partial charge in [0.2, 0.25) is 0 Å². The summed E-state index contributed by atoms with van der Waals surface area (Å²) in [5.41, 5.74) is -0.794. The summed E-state index contributed by atoms with van der Waals surface area (Å²) in [7, 11) is 0. The minimum absolute atomic E-state index is 0.0770. The third kappa shape index (κ3) is 2.31. The molecule has 0 radical (unpaired) electrons. The molecule has 1 aliphatic carbocycles. The van der Waals surface area contributed by atoms with Gasteiger partial charge >= 0.3 is 0 Å². The highest BCUT2D eigenvalue weighted by molar-refractivity contribution is 5.83. The van der Waals surface area contributed by atoms with E-state index in [-0.39, 0.29) is 23.4 Å². The SMILES string of the molecule is CCC1(O)CC2CCC(C1)N2C(=O)C(O)C1(C(C)C)CC1. The normalized spacial score (nSPS) is 38.7. The fourth-order valence-electron chi connectivity index (χ4n) is 4.67. The van der Waals surface area contributed by atoms with Crippen LogP contribution in [0.5, 0.6) is 0 Å². The average Bonchev–Trinajstić information content (AvgIpc) is 3.20. The second-order valence-corrected chi connectivity index (χ2v) is 7.91. The van der Waals surface area contributed by atoms with Gasteiger partial charge in [-0.2, -0.15) is 0 Å². The maximum atomic E-state index is 12.8. The van der Waals surface area contributed by atoms with Crippen molar-refractivity contribution < 1.29 is 15.0 Å². The lowest BCUT2D eigenvalue weighted by Gasteiger charge is -2.45. The highest BCUT2D eigenvalue weighted by Gasteiger charge is 2.57. The molecule has 1 amide bonds. The van der Waals surface area contributed by atoms with E-state index in [4.69, 9.17) is 0 Å². The second kappa shape index (κ2) is 4.95. The summed E-state index contributed by atoms with van der Waals surface area (Å²) < 4.78 is 0. The lowest BCUT2D eigenvalue weighted by molar-refractivity contribution is -0.155. The Balaban J connectivity index is 1.75. The topological polar surface area (TPSA) is 60.8 Å². The maximum absolute atomic E-state index is 12.8. The van der Waals surface area contributed by atoms with Gasteiger partial charge in [0.1, 0.15) is 6.10 Å². The number of carbonyl (C=O) groups excluding carboxylic acids is 1. The van der Waals surface area contributed by atoms with Crippen molar-refractivity contribution in [3.05, 3.63) is 0 Å². The molecule has 2 aliphatic heterocycles. The molecule has 0 spiro atoms. The van der Waals surface area contributed by atoms with Gasteiger partial charge in [-0.05, 0) is 50.9 Å². The van der Waals surface area contributed by atoms with E-state index in [0.717, 1.165) is 32.1 Å². The zero-order chi connectivity index (χ0) is 15.4. The summed E-state index contributed by atoms with van der Waals surface area (Å²) in [6, 6.07) is 0.248. The number of carbonyl (C=O) groups is 1. The molecule has 2 heterocycles. The largest absolute Gasteiger partial charge is 0.390 e. The molecular weight excluding hydrogens is 266 g/mol. The van der Waals surface area contributed by atoms with Crippen LogP contribution in [0, 0.1) is 11.3 Å². The summed E-state index contributed by atoms with van der Waals surface area (Å²) in [6.45, 7) is 6.22. The van der Waals surface area contributed by atoms with Crippen LogP contribution in [0.25, 0.3) is 0 Å². The minimum Gasteiger partial charge on any atom is -0.390 e. The molecule has 3 aliphatic rings. The van der Waals surface area contributed by atoms with Crippen LogP contribution in [0.3, 0.4) is 0 Å². The van der Waals surface area contributed by atoms with E-state index < -0.39 is 11.7 Å². The van der Waals surface area contributed by atoms with E-state index in [1.807, 2.05) is 11.8 Å². The molecule has 0 aromatic carbocycles. The molecule has 3 atom stereocenters. The Bertz CT molecular complexity index is 416. The van der Waals surface area contributed by atoms with Gasteiger partial charge in [0.05, 0.1) is 5.60 Å². The molecule has 0 aromatic rings. The quantitative estimate of drug-likeness (QED) is 0.835. The van der Waals surface area contributed by atoms with E-state index >= 15 is 0 Å². The summed E-state index contributed by atoms with van der Waals surface area (Å²) >= 11 is 0. The first-order valence-electron chi connectivity index (χ1n) is 8.55. The van der Waals surface area contributed by atoms with Crippen molar-refractivity contribution in [2.75, 3.05) is 0 Å². The van der Waals surface area contributed by atoms with Crippen LogP contribution < -0.4 is 0 Å². The van der Waals surface area contributed by atoms with Crippen LogP contribution in [0.15, 0.2) is 0 Å². The van der Waals surface area contributed by atoms with Crippen LogP contribution >= 0.6 is 0 Å². The third-order valence-corrected chi connectivity index (χ3v) is 6.52. The van der Waals surface area contributed by atoms with Gasteiger partial charge in [0.25, 0.3) is 5.91 Å². The molecule has 0 aromatic heterocycles. The molecule has 2 saturated heterocycles. The van der Waals surface area contributed by atoms with E-state index in [2.05, 4.69) is 13.8 Å². The van der Waals surface area contributed by atoms with Gasteiger partial charge in [0.15, 0.2) is 0 Å². The molecule has 3 fully saturated rings. The zero-order valence-corrected chi connectivity index (χ0v) is 13.5. The monoisotopic (exact) mass is 295 g/mol. The number of fused-ring (bicyclic) bond motifs is 2. The Labute approximate surface area is 127 Å². The number of aliphatic hydroxyl groups is 2. The Morgan fingerprint density at radius 2 is 1.76 bits per heavy atom. The van der Waals surface area contributed by atoms with E-state index in [1.54, 1.807) is 0 Å². The molecule has 4 nitrogen and oxygen atoms in total. The molecule has 3 rings (SSSR count). The Morgan fingerprint density at radius 3 is 2.14 bits per heavy atom. The Kier molecular flexibility index (Phi) is 3.61. The van der Waals surface area contributed by atoms with Gasteiger partial charge in [-0.25, -0.2) is 0 Å². The predicted molar refractivity (Wildman–Crippen MR) is 80.6 cm³/mol. The fourth-order valence-corrected chi connectivity index (χ4v) is 4.67. The Hall–Kier alpha value is -0.610. The number of piperidine rings is 1. The van der Waals surface area contributed by atoms with Crippen LogP contribution in [0.1, 0.15) is 65.7 Å². The van der Waals surface area contributed by atoms with Crippen LogP contribution in [-0.2, 0) is 4.79 Å². The van der Waals surface area contributed by atoms with Gasteiger partial charge in [0, 0.05) is 17.5 Å². The number of hydrogen-bond acceptors (Lipinski definition) is 3. The van der Waals surface area contributed by atoms with Crippen molar-refractivity contribution >= 4 is 5.91 Å². The highest BCUT2D eigenvalue weighted by Crippen LogP contribution is 2.55. The van der Waals surface area contributed by atoms with Crippen molar-refractivity contribution in [1.82, 2.24) is 4.90 Å². The fraction of sp³-hybridized carbons (Fsp3) is 0.941. The van der Waals surface area contributed by atoms with E-state index in [0.29, 0.717) is 18.8 Å². The van der Waals surface area contributed by atoms with Crippen molar-refractivity contribution in [2.45, 2.75) is 89.5 Å². The number of amides is 1. The smallest absolute Gasteiger partial charge is 0.252 e. The van der Waals surface area contributed by atoms with Gasteiger partial charge in [-0.3, -0.25) is 4.79 Å². The summed E-state index contributed by atoms with van der Waals surface area (Å²) in [6.07, 6.45) is 5.11. The Morgan fingerprint density at radius 1 is 1.24 bits per heavy atom. The van der Waals surface area contributed by atoms with Crippen molar-refractivity contribution in [3.63, 3.8) is 0 Å². The van der Waals surface area contributed by atoms with Gasteiger partial charge < -0.3 is 15.1 Å². The zero-order valence-electron chi connectivity index (χ0n) is 13.5. The molecule has 21 heavy (non-hydrogen) atoms. The third-order valence-electron chi connectivity index (χ3n) is 6.52. The molecule has 2 bridgehead atoms. The van der Waals surface area contributed by atoms with Gasteiger partial charge in [-0.15, -0.1) is 0 Å². The highest BCUT2D eigenvalue weighted by atomic mass is 16.3. The first-order valence-corrected chi connectivity index (χ1v) is 8.55. The first kappa shape index (κ1) is 15.3. The first-order chi connectivity index (χ1) is 9.83. The van der Waals surface area contributed by atoms with Crippen molar-refractivity contribution in [2.24, 2.45) is 11.3 Å². The summed E-state index contributed by atoms with van der Waals surface area (Å²) in [5, 5.41) is 21.2. The summed E-state index contributed by atoms with van der Waals surface area (Å²) in [5.74, 6) is 0.262. The standard InChI is InChI=1S/C17H29NO3/c1-4-16(21)9-12-5-6-13(10-16)18(12)15(20)14(19)17(7-8-17)11(2)3/h11-14,19,21H,4-10H2,1-3H3. The number of aliphatic hydroxyl groups excluding tert-OH is 1. The number of nitrogens with zero attached hydrogens (tertiary/aromatic N) is 1. The van der Waals surface area contributed by atoms with E-state index in [9.17, 15) is 15.0 Å². The maximum Gasteiger partial charge on any atom is 0.252 e. The lowest BCUT2D eigenvalue weighted by Crippen LogP contribution is -2.57.